The van der Waals surface area contributed by atoms with Crippen LogP contribution in [0, 0.1) is 30.9 Å². The molecular weight excluding hydrogens is 588 g/mol. The van der Waals surface area contributed by atoms with Crippen LogP contribution in [0.5, 0.6) is 5.75 Å². The first kappa shape index (κ1) is 33.8. The van der Waals surface area contributed by atoms with E-state index in [0.29, 0.717) is 29.9 Å². The number of carboxylic acids is 1. The summed E-state index contributed by atoms with van der Waals surface area (Å²) in [6.45, 7) is 17.5. The van der Waals surface area contributed by atoms with Crippen LogP contribution >= 0.6 is 0 Å². The number of carboxylic acid groups (broad SMARTS) is 1. The molecule has 0 bridgehead atoms. The Morgan fingerprint density at radius 1 is 1.02 bits per heavy atom. The van der Waals surface area contributed by atoms with E-state index in [-0.39, 0.29) is 11.2 Å². The number of rotatable bonds is 8. The Morgan fingerprint density at radius 2 is 1.67 bits per heavy atom. The lowest BCUT2D eigenvalue weighted by Gasteiger charge is -2.41. The molecule has 3 heterocycles. The fraction of sp³-hybridized carbons (Fsp3) is 0.514. The minimum Gasteiger partial charge on any atom is -0.491 e. The highest BCUT2D eigenvalue weighted by molar-refractivity contribution is 5.88. The Labute approximate surface area is 271 Å². The summed E-state index contributed by atoms with van der Waals surface area (Å²) in [7, 11) is 1.26. The van der Waals surface area contributed by atoms with Gasteiger partial charge in [0.05, 0.1) is 18.4 Å². The summed E-state index contributed by atoms with van der Waals surface area (Å²) in [5.74, 6) is -2.80. The van der Waals surface area contributed by atoms with Gasteiger partial charge in [0, 0.05) is 55.2 Å². The van der Waals surface area contributed by atoms with Crippen LogP contribution in [0.2, 0.25) is 0 Å². The first-order valence-electron chi connectivity index (χ1n) is 16.1. The van der Waals surface area contributed by atoms with E-state index in [1.165, 1.54) is 24.8 Å². The highest BCUT2D eigenvalue weighted by Gasteiger charge is 2.36. The summed E-state index contributed by atoms with van der Waals surface area (Å²) < 4.78 is 39.7. The lowest BCUT2D eigenvalue weighted by molar-refractivity contribution is -0.160. The van der Waals surface area contributed by atoms with Crippen LogP contribution in [0.15, 0.2) is 30.3 Å². The number of hydrogen-bond acceptors (Lipinski definition) is 6. The molecule has 2 aliphatic heterocycles. The molecule has 1 unspecified atom stereocenters. The summed E-state index contributed by atoms with van der Waals surface area (Å²) in [6, 6.07) is 9.09. The van der Waals surface area contributed by atoms with Gasteiger partial charge in [-0.25, -0.2) is 13.6 Å². The third-order valence-electron chi connectivity index (χ3n) is 9.22. The molecule has 9 heteroatoms. The first-order chi connectivity index (χ1) is 21.6. The smallest absolute Gasteiger partial charge is 0.337 e. The third kappa shape index (κ3) is 7.20. The van der Waals surface area contributed by atoms with Crippen LogP contribution in [-0.2, 0) is 29.0 Å². The SMILES string of the molecule is COc1c(F)cc(CN2CCc3cc(-c4c(C)nc(C)c(C(OC(C)(C)C)C(=O)O)c4N4CCC(C)(C)CC4)ccc3C2)cc1F. The molecule has 1 fully saturated rings. The number of aliphatic carboxylic acids is 1. The molecule has 3 aromatic rings. The minimum absolute atomic E-state index is 0.211. The second kappa shape index (κ2) is 12.9. The number of pyridine rings is 1. The number of ether oxygens (including phenoxy) is 2. The molecule has 1 N–H and O–H groups in total. The number of nitrogens with zero attached hydrogens (tertiary/aromatic N) is 3. The maximum Gasteiger partial charge on any atom is 0.337 e. The van der Waals surface area contributed by atoms with E-state index in [1.807, 2.05) is 34.6 Å². The van der Waals surface area contributed by atoms with E-state index in [0.717, 1.165) is 67.0 Å². The zero-order chi connectivity index (χ0) is 33.6. The molecule has 7 nitrogen and oxygen atoms in total. The van der Waals surface area contributed by atoms with Gasteiger partial charge in [-0.3, -0.25) is 9.88 Å². The largest absolute Gasteiger partial charge is 0.491 e. The van der Waals surface area contributed by atoms with Crippen molar-refractivity contribution in [1.82, 2.24) is 9.88 Å². The van der Waals surface area contributed by atoms with Gasteiger partial charge >= 0.3 is 5.97 Å². The molecule has 0 saturated carbocycles. The fourth-order valence-electron chi connectivity index (χ4n) is 6.81. The molecule has 1 atom stereocenters. The number of benzene rings is 2. The molecule has 1 saturated heterocycles. The van der Waals surface area contributed by atoms with E-state index in [9.17, 15) is 18.7 Å². The third-order valence-corrected chi connectivity index (χ3v) is 9.22. The number of aryl methyl sites for hydroxylation is 2. The number of aromatic nitrogens is 1. The van der Waals surface area contributed by atoms with Crippen LogP contribution in [-0.4, -0.2) is 53.3 Å². The van der Waals surface area contributed by atoms with Crippen molar-refractivity contribution in [2.75, 3.05) is 31.6 Å². The van der Waals surface area contributed by atoms with Gasteiger partial charge in [0.15, 0.2) is 23.5 Å². The predicted molar refractivity (Wildman–Crippen MR) is 176 cm³/mol. The predicted octanol–water partition coefficient (Wildman–Crippen LogP) is 7.78. The van der Waals surface area contributed by atoms with Crippen molar-refractivity contribution in [3.8, 4) is 16.9 Å². The van der Waals surface area contributed by atoms with Crippen LogP contribution in [0.4, 0.5) is 14.5 Å². The van der Waals surface area contributed by atoms with Gasteiger partial charge in [0.2, 0.25) is 0 Å². The lowest BCUT2D eigenvalue weighted by atomic mass is 9.81. The molecule has 248 valence electrons. The van der Waals surface area contributed by atoms with Crippen LogP contribution in [0.1, 0.15) is 87.2 Å². The monoisotopic (exact) mass is 635 g/mol. The summed E-state index contributed by atoms with van der Waals surface area (Å²) in [5.41, 5.74) is 7.42. The van der Waals surface area contributed by atoms with Crippen molar-refractivity contribution >= 4 is 11.7 Å². The Morgan fingerprint density at radius 3 is 2.26 bits per heavy atom. The van der Waals surface area contributed by atoms with Crippen molar-refractivity contribution < 1.29 is 28.2 Å². The van der Waals surface area contributed by atoms with Gasteiger partial charge in [0.1, 0.15) is 0 Å². The lowest BCUT2D eigenvalue weighted by Crippen LogP contribution is -2.39. The number of hydrogen-bond donors (Lipinski definition) is 1. The molecule has 46 heavy (non-hydrogen) atoms. The second-order valence-electron chi connectivity index (χ2n) is 14.6. The molecule has 0 radical (unpaired) electrons. The molecule has 5 rings (SSSR count). The standard InChI is InChI=1S/C37H47F2N3O4/c1-22-30(26-9-10-27-21-41(14-11-25(27)19-26)20-24-17-28(38)33(45-8)29(39)18-24)32(42-15-12-37(6,7)13-16-42)31(23(2)40-22)34(35(43)44)46-36(3,4)5/h9-10,17-19,34H,11-16,20-21H2,1-8H3,(H,43,44). The number of anilines is 1. The molecule has 2 aromatic carbocycles. The van der Waals surface area contributed by atoms with Gasteiger partial charge in [-0.2, -0.15) is 0 Å². The Bertz CT molecular complexity index is 1600. The average Bonchev–Trinajstić information content (AvgIpc) is 2.95. The van der Waals surface area contributed by atoms with Crippen molar-refractivity contribution in [2.24, 2.45) is 5.41 Å². The number of fused-ring (bicyclic) bond motifs is 1. The van der Waals surface area contributed by atoms with E-state index < -0.39 is 29.3 Å². The fourth-order valence-corrected chi connectivity index (χ4v) is 6.81. The molecule has 0 amide bonds. The van der Waals surface area contributed by atoms with E-state index in [4.69, 9.17) is 14.5 Å². The number of methoxy groups -OCH3 is 1. The molecule has 0 spiro atoms. The zero-order valence-electron chi connectivity index (χ0n) is 28.4. The topological polar surface area (TPSA) is 75.1 Å². The highest BCUT2D eigenvalue weighted by atomic mass is 19.1. The van der Waals surface area contributed by atoms with Gasteiger partial charge < -0.3 is 19.5 Å². The van der Waals surface area contributed by atoms with Gasteiger partial charge in [-0.05, 0) is 93.7 Å². The van der Waals surface area contributed by atoms with Crippen LogP contribution < -0.4 is 9.64 Å². The summed E-state index contributed by atoms with van der Waals surface area (Å²) in [5, 5.41) is 10.5. The van der Waals surface area contributed by atoms with Gasteiger partial charge in [-0.15, -0.1) is 0 Å². The van der Waals surface area contributed by atoms with E-state index in [2.05, 4.69) is 41.8 Å². The summed E-state index contributed by atoms with van der Waals surface area (Å²) in [6.07, 6.45) is 1.59. The van der Waals surface area contributed by atoms with Gasteiger partial charge in [-0.1, -0.05) is 32.0 Å². The van der Waals surface area contributed by atoms with Crippen LogP contribution in [0.25, 0.3) is 11.1 Å². The van der Waals surface area contributed by atoms with E-state index >= 15 is 0 Å². The van der Waals surface area contributed by atoms with Gasteiger partial charge in [0.25, 0.3) is 0 Å². The maximum atomic E-state index is 14.3. The quantitative estimate of drug-likeness (QED) is 0.271. The van der Waals surface area contributed by atoms with E-state index in [1.54, 1.807) is 0 Å². The molecule has 2 aliphatic rings. The average molecular weight is 636 g/mol. The number of halogens is 2. The molecule has 1 aromatic heterocycles. The van der Waals surface area contributed by atoms with Crippen molar-refractivity contribution in [3.63, 3.8) is 0 Å². The first-order valence-corrected chi connectivity index (χ1v) is 16.1. The zero-order valence-corrected chi connectivity index (χ0v) is 28.4. The normalized spacial score (nSPS) is 17.5. The number of carbonyl (C=O) groups is 1. The summed E-state index contributed by atoms with van der Waals surface area (Å²) >= 11 is 0. The number of piperidine rings is 1. The summed E-state index contributed by atoms with van der Waals surface area (Å²) in [4.78, 5) is 22.2. The molecular formula is C37H47F2N3O4. The minimum atomic E-state index is -1.17. The van der Waals surface area contributed by atoms with Crippen molar-refractivity contribution in [2.45, 2.75) is 92.5 Å². The maximum absolute atomic E-state index is 14.3. The molecule has 0 aliphatic carbocycles. The van der Waals surface area contributed by atoms with Crippen LogP contribution in [0.3, 0.4) is 0 Å². The Kier molecular flexibility index (Phi) is 9.49. The Balaban J connectivity index is 1.54. The highest BCUT2D eigenvalue weighted by Crippen LogP contribution is 2.45. The second-order valence-corrected chi connectivity index (χ2v) is 14.6. The Hall–Kier alpha value is -3.56. The van der Waals surface area contributed by atoms with Crippen molar-refractivity contribution in [3.05, 3.63) is 75.6 Å². The van der Waals surface area contributed by atoms with Crippen molar-refractivity contribution in [1.29, 1.82) is 0 Å².